The summed E-state index contributed by atoms with van der Waals surface area (Å²) in [6.07, 6.45) is 0.710. The topological polar surface area (TPSA) is 55.8 Å². The minimum absolute atomic E-state index is 0.000469. The number of likely N-dealkylation sites (tertiary alicyclic amines) is 1. The highest BCUT2D eigenvalue weighted by Crippen LogP contribution is 2.58. The van der Waals surface area contributed by atoms with Gasteiger partial charge in [0.25, 0.3) is 0 Å². The quantitative estimate of drug-likeness (QED) is 0.674. The Morgan fingerprint density at radius 3 is 2.24 bits per heavy atom. The standard InChI is InChI=1S/C18H27FNO4P/c1-5-23-25(22,24-6-2)17-13(3)11-14(4)20(18(17)21)12-15-7-9-16(19)10-8-15/h7-10,13-14,17H,5-6,11-12H2,1-4H3. The Morgan fingerprint density at radius 1 is 1.16 bits per heavy atom. The van der Waals surface area contributed by atoms with E-state index in [1.54, 1.807) is 30.9 Å². The van der Waals surface area contributed by atoms with Crippen LogP contribution in [-0.2, 0) is 25.0 Å². The third-order valence-electron chi connectivity index (χ3n) is 4.55. The van der Waals surface area contributed by atoms with Crippen LogP contribution >= 0.6 is 7.60 Å². The van der Waals surface area contributed by atoms with Gasteiger partial charge in [-0.2, -0.15) is 0 Å². The van der Waals surface area contributed by atoms with Crippen LogP contribution in [0.1, 0.15) is 39.7 Å². The lowest BCUT2D eigenvalue weighted by Crippen LogP contribution is -2.52. The molecule has 3 unspecified atom stereocenters. The third-order valence-corrected chi connectivity index (χ3v) is 7.19. The molecule has 0 bridgehead atoms. The molecule has 1 aromatic carbocycles. The van der Waals surface area contributed by atoms with Crippen molar-refractivity contribution < 1.29 is 22.8 Å². The van der Waals surface area contributed by atoms with Crippen LogP contribution in [0.3, 0.4) is 0 Å². The molecule has 1 aliphatic heterocycles. The maximum Gasteiger partial charge on any atom is 0.343 e. The van der Waals surface area contributed by atoms with Crippen molar-refractivity contribution in [2.24, 2.45) is 5.92 Å². The van der Waals surface area contributed by atoms with Gasteiger partial charge in [0.1, 0.15) is 11.5 Å². The first-order chi connectivity index (χ1) is 11.8. The van der Waals surface area contributed by atoms with Gasteiger partial charge < -0.3 is 13.9 Å². The molecule has 0 aromatic heterocycles. The van der Waals surface area contributed by atoms with Gasteiger partial charge in [-0.1, -0.05) is 19.1 Å². The summed E-state index contributed by atoms with van der Waals surface area (Å²) in [6.45, 7) is 8.16. The van der Waals surface area contributed by atoms with E-state index in [-0.39, 0.29) is 36.9 Å². The summed E-state index contributed by atoms with van der Waals surface area (Å²) in [5.41, 5.74) is 0.0293. The van der Waals surface area contributed by atoms with E-state index in [2.05, 4.69) is 0 Å². The average molecular weight is 371 g/mol. The number of carbonyl (C=O) groups excluding carboxylic acids is 1. The second kappa shape index (κ2) is 8.43. The molecule has 7 heteroatoms. The van der Waals surface area contributed by atoms with Crippen molar-refractivity contribution in [1.82, 2.24) is 4.90 Å². The summed E-state index contributed by atoms with van der Waals surface area (Å²) in [6, 6.07) is 6.07. The van der Waals surface area contributed by atoms with Gasteiger partial charge in [0.2, 0.25) is 5.91 Å². The molecular weight excluding hydrogens is 344 g/mol. The van der Waals surface area contributed by atoms with Crippen molar-refractivity contribution in [3.8, 4) is 0 Å². The normalized spacial score (nSPS) is 24.6. The molecule has 5 nitrogen and oxygen atoms in total. The zero-order valence-electron chi connectivity index (χ0n) is 15.3. The van der Waals surface area contributed by atoms with E-state index in [0.717, 1.165) is 5.56 Å². The van der Waals surface area contributed by atoms with Crippen molar-refractivity contribution in [3.63, 3.8) is 0 Å². The van der Waals surface area contributed by atoms with Crippen LogP contribution in [-0.4, -0.2) is 35.7 Å². The Bertz CT molecular complexity index is 626. The van der Waals surface area contributed by atoms with Crippen molar-refractivity contribution in [2.45, 2.75) is 52.4 Å². The first-order valence-electron chi connectivity index (χ1n) is 8.76. The maximum absolute atomic E-state index is 13.2. The first kappa shape index (κ1) is 20.1. The minimum Gasteiger partial charge on any atom is -0.335 e. The number of nitrogens with zero attached hydrogens (tertiary/aromatic N) is 1. The van der Waals surface area contributed by atoms with Gasteiger partial charge in [0.05, 0.1) is 13.2 Å². The number of rotatable bonds is 7. The van der Waals surface area contributed by atoms with Crippen LogP contribution in [0.25, 0.3) is 0 Å². The summed E-state index contributed by atoms with van der Waals surface area (Å²) >= 11 is 0. The average Bonchev–Trinajstić information content (AvgIpc) is 2.53. The number of hydrogen-bond donors (Lipinski definition) is 0. The van der Waals surface area contributed by atoms with Crippen molar-refractivity contribution in [2.75, 3.05) is 13.2 Å². The molecular formula is C18H27FNO4P. The van der Waals surface area contributed by atoms with Crippen LogP contribution in [0.5, 0.6) is 0 Å². The summed E-state index contributed by atoms with van der Waals surface area (Å²) in [5.74, 6) is -0.637. The number of benzene rings is 1. The number of hydrogen-bond acceptors (Lipinski definition) is 4. The van der Waals surface area contributed by atoms with Gasteiger partial charge in [-0.3, -0.25) is 9.36 Å². The number of amides is 1. The Labute approximate surface area is 149 Å². The highest BCUT2D eigenvalue weighted by Gasteiger charge is 2.50. The smallest absolute Gasteiger partial charge is 0.335 e. The highest BCUT2D eigenvalue weighted by atomic mass is 31.2. The fourth-order valence-corrected chi connectivity index (χ4v) is 5.73. The first-order valence-corrected chi connectivity index (χ1v) is 10.4. The van der Waals surface area contributed by atoms with Gasteiger partial charge in [-0.25, -0.2) is 4.39 Å². The summed E-state index contributed by atoms with van der Waals surface area (Å²) in [5, 5.41) is 0. The summed E-state index contributed by atoms with van der Waals surface area (Å²) in [7, 11) is -3.53. The molecule has 0 radical (unpaired) electrons. The fraction of sp³-hybridized carbons (Fsp3) is 0.611. The lowest BCUT2D eigenvalue weighted by Gasteiger charge is -2.42. The van der Waals surface area contributed by atoms with E-state index in [1.807, 2.05) is 13.8 Å². The van der Waals surface area contributed by atoms with Gasteiger partial charge in [-0.15, -0.1) is 0 Å². The SMILES string of the molecule is CCOP(=O)(OCC)C1C(=O)N(Cc2ccc(F)cc2)C(C)CC1C. The predicted molar refractivity (Wildman–Crippen MR) is 94.8 cm³/mol. The van der Waals surface area contributed by atoms with Gasteiger partial charge >= 0.3 is 7.60 Å². The Morgan fingerprint density at radius 2 is 1.72 bits per heavy atom. The molecule has 1 aliphatic rings. The molecule has 1 heterocycles. The number of piperidine rings is 1. The molecule has 1 amide bonds. The Balaban J connectivity index is 2.28. The Kier molecular flexibility index (Phi) is 6.78. The third kappa shape index (κ3) is 4.49. The predicted octanol–water partition coefficient (Wildman–Crippen LogP) is 4.22. The van der Waals surface area contributed by atoms with Gasteiger partial charge in [-0.05, 0) is 50.8 Å². The Hall–Kier alpha value is -1.23. The molecule has 0 N–H and O–H groups in total. The molecule has 3 atom stereocenters. The second-order valence-electron chi connectivity index (χ2n) is 6.47. The molecule has 1 fully saturated rings. The van der Waals surface area contributed by atoms with Gasteiger partial charge in [0.15, 0.2) is 0 Å². The second-order valence-corrected chi connectivity index (χ2v) is 8.63. The van der Waals surface area contributed by atoms with E-state index in [9.17, 15) is 13.8 Å². The van der Waals surface area contributed by atoms with Gasteiger partial charge in [0, 0.05) is 12.6 Å². The molecule has 0 spiro atoms. The van der Waals surface area contributed by atoms with E-state index in [4.69, 9.17) is 9.05 Å². The number of carbonyl (C=O) groups is 1. The van der Waals surface area contributed by atoms with E-state index in [1.165, 1.54) is 12.1 Å². The monoisotopic (exact) mass is 371 g/mol. The van der Waals surface area contributed by atoms with Crippen LogP contribution in [0.15, 0.2) is 24.3 Å². The maximum atomic E-state index is 13.2. The van der Waals surface area contributed by atoms with Crippen LogP contribution in [0.2, 0.25) is 0 Å². The molecule has 1 saturated heterocycles. The van der Waals surface area contributed by atoms with Crippen LogP contribution in [0, 0.1) is 11.7 Å². The van der Waals surface area contributed by atoms with Crippen molar-refractivity contribution in [3.05, 3.63) is 35.6 Å². The molecule has 2 rings (SSSR count). The lowest BCUT2D eigenvalue weighted by molar-refractivity contribution is -0.138. The number of halogens is 1. The molecule has 0 saturated carbocycles. The summed E-state index contributed by atoms with van der Waals surface area (Å²) < 4.78 is 37.2. The van der Waals surface area contributed by atoms with Crippen molar-refractivity contribution >= 4 is 13.5 Å². The minimum atomic E-state index is -3.53. The molecule has 1 aromatic rings. The molecule has 0 aliphatic carbocycles. The van der Waals surface area contributed by atoms with E-state index >= 15 is 0 Å². The fourth-order valence-electron chi connectivity index (χ4n) is 3.45. The van der Waals surface area contributed by atoms with E-state index in [0.29, 0.717) is 13.0 Å². The van der Waals surface area contributed by atoms with Crippen LogP contribution in [0.4, 0.5) is 4.39 Å². The summed E-state index contributed by atoms with van der Waals surface area (Å²) in [4.78, 5) is 14.8. The van der Waals surface area contributed by atoms with Crippen LogP contribution < -0.4 is 0 Å². The lowest BCUT2D eigenvalue weighted by atomic mass is 9.91. The zero-order valence-corrected chi connectivity index (χ0v) is 16.2. The van der Waals surface area contributed by atoms with E-state index < -0.39 is 13.3 Å². The molecule has 140 valence electrons. The highest BCUT2D eigenvalue weighted by molar-refractivity contribution is 7.55. The van der Waals surface area contributed by atoms with Crippen molar-refractivity contribution in [1.29, 1.82) is 0 Å². The largest absolute Gasteiger partial charge is 0.343 e. The molecule has 25 heavy (non-hydrogen) atoms. The zero-order chi connectivity index (χ0) is 18.6.